The van der Waals surface area contributed by atoms with Gasteiger partial charge in [0.2, 0.25) is 5.89 Å². The van der Waals surface area contributed by atoms with Crippen LogP contribution in [0.3, 0.4) is 0 Å². The zero-order valence-electron chi connectivity index (χ0n) is 32.3. The van der Waals surface area contributed by atoms with Crippen LogP contribution in [0.15, 0.2) is 215 Å². The predicted molar refractivity (Wildman–Crippen MR) is 243 cm³/mol. The average Bonchev–Trinajstić information content (AvgIpc) is 4.07. The molecule has 0 radical (unpaired) electrons. The molecule has 2 aliphatic rings. The summed E-state index contributed by atoms with van der Waals surface area (Å²) in [5, 5.41) is 1.97. The van der Waals surface area contributed by atoms with E-state index in [2.05, 4.69) is 175 Å². The van der Waals surface area contributed by atoms with Gasteiger partial charge in [0.1, 0.15) is 11.1 Å². The summed E-state index contributed by atoms with van der Waals surface area (Å²) < 4.78 is 13.3. The fraction of sp³-hybridized carbons (Fsp3) is 0.0179. The molecule has 280 valence electrons. The highest BCUT2D eigenvalue weighted by Crippen LogP contribution is 2.63. The molecule has 11 aromatic rings. The molecule has 0 bridgehead atoms. The molecule has 0 fully saturated rings. The van der Waals surface area contributed by atoms with E-state index < -0.39 is 5.41 Å². The lowest BCUT2D eigenvalue weighted by atomic mass is 9.70. The Kier molecular flexibility index (Phi) is 6.90. The van der Waals surface area contributed by atoms with Crippen molar-refractivity contribution >= 4 is 50.1 Å². The van der Waals surface area contributed by atoms with Crippen LogP contribution in [0.5, 0.6) is 0 Å². The Morgan fingerprint density at radius 2 is 0.967 bits per heavy atom. The molecule has 0 aliphatic heterocycles. The fourth-order valence-electron chi connectivity index (χ4n) is 10.3. The number of furan rings is 1. The fourth-order valence-corrected chi connectivity index (χ4v) is 10.3. The first kappa shape index (κ1) is 33.1. The SMILES string of the molecule is c1ccc(-c2ccc(N(c3ccc4c(c3)C3(c5ccccc5-c5ccccc53)c3ccccc3-4)c3cccc4c3oc3cccc(-c5nc6ccccc6o5)c34)cc2)cc1. The molecule has 0 atom stereocenters. The maximum atomic E-state index is 6.96. The van der Waals surface area contributed by atoms with Crippen LogP contribution in [0.2, 0.25) is 0 Å². The second-order valence-corrected chi connectivity index (χ2v) is 15.8. The topological polar surface area (TPSA) is 42.4 Å². The van der Waals surface area contributed by atoms with E-state index in [9.17, 15) is 0 Å². The van der Waals surface area contributed by atoms with Gasteiger partial charge in [-0.25, -0.2) is 4.98 Å². The molecule has 0 saturated heterocycles. The molecular formula is C56H34N2O2. The Labute approximate surface area is 346 Å². The van der Waals surface area contributed by atoms with Gasteiger partial charge in [0.05, 0.1) is 11.1 Å². The van der Waals surface area contributed by atoms with Crippen molar-refractivity contribution < 1.29 is 8.83 Å². The number of nitrogens with zero attached hydrogens (tertiary/aromatic N) is 2. The van der Waals surface area contributed by atoms with Crippen molar-refractivity contribution in [2.24, 2.45) is 0 Å². The zero-order valence-corrected chi connectivity index (χ0v) is 32.3. The molecule has 4 heteroatoms. The van der Waals surface area contributed by atoms with Gasteiger partial charge >= 0.3 is 0 Å². The molecular weight excluding hydrogens is 733 g/mol. The Morgan fingerprint density at radius 1 is 0.400 bits per heavy atom. The summed E-state index contributed by atoms with van der Waals surface area (Å²) >= 11 is 0. The van der Waals surface area contributed by atoms with Gasteiger partial charge in [-0.1, -0.05) is 152 Å². The predicted octanol–water partition coefficient (Wildman–Crippen LogP) is 14.9. The van der Waals surface area contributed by atoms with Crippen LogP contribution in [0.1, 0.15) is 22.3 Å². The molecule has 60 heavy (non-hydrogen) atoms. The van der Waals surface area contributed by atoms with Gasteiger partial charge in [-0.05, 0) is 110 Å². The molecule has 0 unspecified atom stereocenters. The maximum Gasteiger partial charge on any atom is 0.228 e. The largest absolute Gasteiger partial charge is 0.454 e. The summed E-state index contributed by atoms with van der Waals surface area (Å²) in [5.74, 6) is 0.573. The Morgan fingerprint density at radius 3 is 1.68 bits per heavy atom. The highest BCUT2D eigenvalue weighted by molar-refractivity contribution is 6.15. The zero-order chi connectivity index (χ0) is 39.4. The first-order chi connectivity index (χ1) is 29.8. The number of anilines is 3. The van der Waals surface area contributed by atoms with E-state index in [-0.39, 0.29) is 0 Å². The van der Waals surface area contributed by atoms with Crippen LogP contribution < -0.4 is 4.90 Å². The summed E-state index contributed by atoms with van der Waals surface area (Å²) in [6.07, 6.45) is 0. The van der Waals surface area contributed by atoms with Gasteiger partial charge in [-0.15, -0.1) is 0 Å². The van der Waals surface area contributed by atoms with E-state index >= 15 is 0 Å². The van der Waals surface area contributed by atoms with E-state index in [1.165, 1.54) is 50.1 Å². The summed E-state index contributed by atoms with van der Waals surface area (Å²) in [4.78, 5) is 7.27. The van der Waals surface area contributed by atoms with Gasteiger partial charge in [0.15, 0.2) is 11.2 Å². The van der Waals surface area contributed by atoms with E-state index in [4.69, 9.17) is 13.8 Å². The summed E-state index contributed by atoms with van der Waals surface area (Å²) in [6, 6.07) is 73.9. The van der Waals surface area contributed by atoms with E-state index in [0.29, 0.717) is 5.89 Å². The van der Waals surface area contributed by atoms with E-state index in [1.807, 2.05) is 36.4 Å². The number of aromatic nitrogens is 1. The van der Waals surface area contributed by atoms with Crippen molar-refractivity contribution in [1.82, 2.24) is 4.98 Å². The Hall–Kier alpha value is -7.95. The lowest BCUT2D eigenvalue weighted by Gasteiger charge is -2.32. The average molecular weight is 767 g/mol. The van der Waals surface area contributed by atoms with Crippen molar-refractivity contribution in [3.05, 3.63) is 229 Å². The smallest absolute Gasteiger partial charge is 0.228 e. The normalized spacial score (nSPS) is 13.1. The summed E-state index contributed by atoms with van der Waals surface area (Å²) in [7, 11) is 0. The minimum atomic E-state index is -0.474. The van der Waals surface area contributed by atoms with Crippen LogP contribution in [-0.4, -0.2) is 4.98 Å². The maximum absolute atomic E-state index is 6.96. The van der Waals surface area contributed by atoms with Gasteiger partial charge < -0.3 is 13.7 Å². The second kappa shape index (κ2) is 12.5. The lowest BCUT2D eigenvalue weighted by molar-refractivity contribution is 0.620. The van der Waals surface area contributed by atoms with Crippen molar-refractivity contribution in [1.29, 1.82) is 0 Å². The first-order valence-electron chi connectivity index (χ1n) is 20.5. The number of fused-ring (bicyclic) bond motifs is 14. The van der Waals surface area contributed by atoms with Gasteiger partial charge in [-0.2, -0.15) is 0 Å². The standard InChI is InChI=1S/C56H34N2O2/c1-2-14-35(15-3-1)36-28-30-37(31-29-36)58(50-25-12-19-43-53-44(20-13-27-52(53)59-54(43)50)55-57-49-24-10-11-26-51(49)60-55)38-32-33-42-41-18-6-9-23-47(41)56(48(42)34-38)45-21-7-4-16-39(45)40-17-5-8-22-46(40)56/h1-34H. The van der Waals surface area contributed by atoms with Gasteiger partial charge in [0.25, 0.3) is 0 Å². The third-order valence-corrected chi connectivity index (χ3v) is 12.7. The Bertz CT molecular complexity index is 3410. The van der Waals surface area contributed by atoms with E-state index in [1.54, 1.807) is 0 Å². The van der Waals surface area contributed by atoms with Crippen molar-refractivity contribution in [3.8, 4) is 44.8 Å². The third kappa shape index (κ3) is 4.53. The number of benzene rings is 9. The summed E-state index contributed by atoms with van der Waals surface area (Å²) in [5.41, 5.74) is 19.3. The summed E-state index contributed by atoms with van der Waals surface area (Å²) in [6.45, 7) is 0. The number of para-hydroxylation sites is 3. The molecule has 2 aliphatic carbocycles. The first-order valence-corrected chi connectivity index (χ1v) is 20.5. The molecule has 1 spiro atoms. The monoisotopic (exact) mass is 766 g/mol. The number of hydrogen-bond acceptors (Lipinski definition) is 4. The third-order valence-electron chi connectivity index (χ3n) is 12.7. The van der Waals surface area contributed by atoms with Crippen LogP contribution >= 0.6 is 0 Å². The molecule has 0 saturated carbocycles. The van der Waals surface area contributed by atoms with Crippen LogP contribution in [0, 0.1) is 0 Å². The lowest BCUT2D eigenvalue weighted by Crippen LogP contribution is -2.26. The van der Waals surface area contributed by atoms with Gasteiger partial charge in [-0.3, -0.25) is 0 Å². The Balaban J connectivity index is 1.06. The number of rotatable bonds is 5. The highest BCUT2D eigenvalue weighted by atomic mass is 16.3. The van der Waals surface area contributed by atoms with Gasteiger partial charge in [0, 0.05) is 27.7 Å². The second-order valence-electron chi connectivity index (χ2n) is 15.8. The number of oxazole rings is 1. The minimum absolute atomic E-state index is 0.474. The minimum Gasteiger partial charge on any atom is -0.454 e. The molecule has 2 aromatic heterocycles. The molecule has 2 heterocycles. The van der Waals surface area contributed by atoms with Crippen LogP contribution in [0.4, 0.5) is 17.1 Å². The van der Waals surface area contributed by atoms with Crippen molar-refractivity contribution in [2.45, 2.75) is 5.41 Å². The quantitative estimate of drug-likeness (QED) is 0.175. The molecule has 9 aromatic carbocycles. The molecule has 0 N–H and O–H groups in total. The van der Waals surface area contributed by atoms with Crippen molar-refractivity contribution in [2.75, 3.05) is 4.90 Å². The van der Waals surface area contributed by atoms with E-state index in [0.717, 1.165) is 61.2 Å². The molecule has 4 nitrogen and oxygen atoms in total. The van der Waals surface area contributed by atoms with Crippen LogP contribution in [0.25, 0.3) is 77.9 Å². The molecule has 0 amide bonds. The van der Waals surface area contributed by atoms with Crippen LogP contribution in [-0.2, 0) is 5.41 Å². The number of hydrogen-bond donors (Lipinski definition) is 0. The van der Waals surface area contributed by atoms with Crippen molar-refractivity contribution in [3.63, 3.8) is 0 Å². The molecule has 13 rings (SSSR count). The highest BCUT2D eigenvalue weighted by Gasteiger charge is 2.51.